The molecule has 0 bridgehead atoms. The quantitative estimate of drug-likeness (QED) is 0.825. The van der Waals surface area contributed by atoms with Crippen LogP contribution in [0, 0.1) is 0 Å². The smallest absolute Gasteiger partial charge is 0.335 e. The van der Waals surface area contributed by atoms with E-state index in [-0.39, 0.29) is 11.5 Å². The van der Waals surface area contributed by atoms with Gasteiger partial charge in [0.2, 0.25) is 0 Å². The van der Waals surface area contributed by atoms with E-state index >= 15 is 0 Å². The molecule has 7 nitrogen and oxygen atoms in total. The van der Waals surface area contributed by atoms with E-state index < -0.39 is 5.97 Å². The molecule has 0 radical (unpaired) electrons. The Hall–Kier alpha value is -2.70. The lowest BCUT2D eigenvalue weighted by molar-refractivity contribution is 0.0696. The predicted octanol–water partition coefficient (Wildman–Crippen LogP) is 0.969. The van der Waals surface area contributed by atoms with Gasteiger partial charge in [-0.15, -0.1) is 5.10 Å². The Morgan fingerprint density at radius 2 is 1.90 bits per heavy atom. The maximum absolute atomic E-state index is 11.9. The molecule has 0 aliphatic heterocycles. The van der Waals surface area contributed by atoms with Gasteiger partial charge in [0.25, 0.3) is 5.91 Å². The number of rotatable bonds is 6. The second-order valence-electron chi connectivity index (χ2n) is 4.45. The summed E-state index contributed by atoms with van der Waals surface area (Å²) in [6.45, 7) is 3.18. The molecule has 0 spiro atoms. The third-order valence-electron chi connectivity index (χ3n) is 2.97. The van der Waals surface area contributed by atoms with Gasteiger partial charge in [-0.1, -0.05) is 5.21 Å². The summed E-state index contributed by atoms with van der Waals surface area (Å²) in [5.41, 5.74) is 1.40. The molecule has 0 fully saturated rings. The highest BCUT2D eigenvalue weighted by Crippen LogP contribution is 2.04. The van der Waals surface area contributed by atoms with Crippen molar-refractivity contribution in [1.82, 2.24) is 20.3 Å². The number of benzene rings is 1. The maximum atomic E-state index is 11.9. The van der Waals surface area contributed by atoms with Crippen molar-refractivity contribution in [2.45, 2.75) is 19.9 Å². The molecule has 1 heterocycles. The standard InChI is InChI=1S/C14H16N4O3/c1-2-18-9-12(16-17-18)7-8-15-13(19)10-3-5-11(6-4-10)14(20)21/h3-6,9H,2,7-8H2,1H3,(H,15,19)(H,20,21). The Kier molecular flexibility index (Phi) is 4.65. The number of hydrogen-bond acceptors (Lipinski definition) is 4. The third kappa shape index (κ3) is 3.88. The number of aryl methyl sites for hydroxylation is 1. The minimum Gasteiger partial charge on any atom is -0.478 e. The fourth-order valence-electron chi connectivity index (χ4n) is 1.78. The van der Waals surface area contributed by atoms with Crippen LogP contribution in [-0.2, 0) is 13.0 Å². The van der Waals surface area contributed by atoms with Crippen molar-refractivity contribution < 1.29 is 14.7 Å². The minimum atomic E-state index is -1.01. The normalized spacial score (nSPS) is 10.3. The lowest BCUT2D eigenvalue weighted by Gasteiger charge is -2.04. The first-order chi connectivity index (χ1) is 10.1. The van der Waals surface area contributed by atoms with E-state index in [0.29, 0.717) is 18.5 Å². The minimum absolute atomic E-state index is 0.155. The molecule has 0 aliphatic rings. The molecule has 2 N–H and O–H groups in total. The molecule has 21 heavy (non-hydrogen) atoms. The van der Waals surface area contributed by atoms with E-state index in [9.17, 15) is 9.59 Å². The number of hydrogen-bond donors (Lipinski definition) is 2. The molecule has 0 atom stereocenters. The summed E-state index contributed by atoms with van der Waals surface area (Å²) in [7, 11) is 0. The van der Waals surface area contributed by atoms with Crippen molar-refractivity contribution in [3.05, 3.63) is 47.3 Å². The van der Waals surface area contributed by atoms with Gasteiger partial charge in [-0.25, -0.2) is 4.79 Å². The maximum Gasteiger partial charge on any atom is 0.335 e. The van der Waals surface area contributed by atoms with Gasteiger partial charge in [-0.05, 0) is 31.2 Å². The van der Waals surface area contributed by atoms with Gasteiger partial charge >= 0.3 is 5.97 Å². The number of carbonyl (C=O) groups excluding carboxylic acids is 1. The van der Waals surface area contributed by atoms with Crippen molar-refractivity contribution in [3.63, 3.8) is 0 Å². The number of aromatic nitrogens is 3. The average molecular weight is 288 g/mol. The molecule has 2 aromatic rings. The molecule has 0 aliphatic carbocycles. The van der Waals surface area contributed by atoms with Crippen molar-refractivity contribution in [3.8, 4) is 0 Å². The highest BCUT2D eigenvalue weighted by molar-refractivity contribution is 5.95. The summed E-state index contributed by atoms with van der Waals surface area (Å²) in [6, 6.07) is 5.80. The summed E-state index contributed by atoms with van der Waals surface area (Å²) < 4.78 is 1.72. The van der Waals surface area contributed by atoms with Gasteiger partial charge in [0.05, 0.1) is 11.3 Å². The largest absolute Gasteiger partial charge is 0.478 e. The molecular formula is C14H16N4O3. The summed E-state index contributed by atoms with van der Waals surface area (Å²) >= 11 is 0. The Balaban J connectivity index is 1.85. The molecule has 7 heteroatoms. The van der Waals surface area contributed by atoms with Crippen molar-refractivity contribution in [2.75, 3.05) is 6.54 Å². The fourth-order valence-corrected chi connectivity index (χ4v) is 1.78. The highest BCUT2D eigenvalue weighted by atomic mass is 16.4. The number of carboxylic acid groups (broad SMARTS) is 1. The Bertz CT molecular complexity index is 634. The van der Waals surface area contributed by atoms with Crippen LogP contribution >= 0.6 is 0 Å². The number of nitrogens with zero attached hydrogens (tertiary/aromatic N) is 3. The zero-order valence-corrected chi connectivity index (χ0v) is 11.6. The van der Waals surface area contributed by atoms with Gasteiger partial charge in [0.1, 0.15) is 0 Å². The number of nitrogens with one attached hydrogen (secondary N) is 1. The van der Waals surface area contributed by atoms with E-state index in [4.69, 9.17) is 5.11 Å². The molecular weight excluding hydrogens is 272 g/mol. The Labute approximate surface area is 121 Å². The lowest BCUT2D eigenvalue weighted by atomic mass is 10.1. The summed E-state index contributed by atoms with van der Waals surface area (Å²) in [6.07, 6.45) is 2.44. The van der Waals surface area contributed by atoms with Crippen LogP contribution in [0.25, 0.3) is 0 Å². The fraction of sp³-hybridized carbons (Fsp3) is 0.286. The SMILES string of the molecule is CCn1cc(CCNC(=O)c2ccc(C(=O)O)cc2)nn1. The van der Waals surface area contributed by atoms with Crippen LogP contribution in [0.4, 0.5) is 0 Å². The third-order valence-corrected chi connectivity index (χ3v) is 2.97. The van der Waals surface area contributed by atoms with E-state index in [1.54, 1.807) is 4.68 Å². The second kappa shape index (κ2) is 6.65. The summed E-state index contributed by atoms with van der Waals surface area (Å²) in [4.78, 5) is 22.6. The zero-order chi connectivity index (χ0) is 15.2. The molecule has 1 amide bonds. The van der Waals surface area contributed by atoms with Gasteiger partial charge < -0.3 is 10.4 Å². The molecule has 110 valence electrons. The number of carbonyl (C=O) groups is 2. The second-order valence-corrected chi connectivity index (χ2v) is 4.45. The molecule has 1 aromatic heterocycles. The zero-order valence-electron chi connectivity index (χ0n) is 11.6. The first-order valence-corrected chi connectivity index (χ1v) is 6.60. The van der Waals surface area contributed by atoms with Crippen molar-refractivity contribution in [1.29, 1.82) is 0 Å². The topological polar surface area (TPSA) is 97.1 Å². The molecule has 1 aromatic carbocycles. The molecule has 0 saturated carbocycles. The highest BCUT2D eigenvalue weighted by Gasteiger charge is 2.08. The Morgan fingerprint density at radius 3 is 2.48 bits per heavy atom. The van der Waals surface area contributed by atoms with E-state index in [1.807, 2.05) is 13.1 Å². The van der Waals surface area contributed by atoms with Crippen molar-refractivity contribution in [2.24, 2.45) is 0 Å². The van der Waals surface area contributed by atoms with Gasteiger partial charge in [0.15, 0.2) is 0 Å². The first-order valence-electron chi connectivity index (χ1n) is 6.60. The lowest BCUT2D eigenvalue weighted by Crippen LogP contribution is -2.25. The van der Waals surface area contributed by atoms with Crippen LogP contribution in [0.2, 0.25) is 0 Å². The van der Waals surface area contributed by atoms with Crippen LogP contribution in [0.15, 0.2) is 30.5 Å². The van der Waals surface area contributed by atoms with Crippen LogP contribution < -0.4 is 5.32 Å². The first kappa shape index (κ1) is 14.7. The molecule has 0 unspecified atom stereocenters. The van der Waals surface area contributed by atoms with Gasteiger partial charge in [0, 0.05) is 31.3 Å². The average Bonchev–Trinajstić information content (AvgIpc) is 2.95. The van der Waals surface area contributed by atoms with Crippen LogP contribution in [0.1, 0.15) is 33.3 Å². The van der Waals surface area contributed by atoms with Crippen LogP contribution in [0.3, 0.4) is 0 Å². The monoisotopic (exact) mass is 288 g/mol. The van der Waals surface area contributed by atoms with Crippen LogP contribution in [0.5, 0.6) is 0 Å². The number of amides is 1. The summed E-state index contributed by atoms with van der Waals surface area (Å²) in [5.74, 6) is -1.25. The summed E-state index contributed by atoms with van der Waals surface area (Å²) in [5, 5.41) is 19.4. The number of carboxylic acids is 1. The molecule has 2 rings (SSSR count). The van der Waals surface area contributed by atoms with Gasteiger partial charge in [-0.2, -0.15) is 0 Å². The van der Waals surface area contributed by atoms with E-state index in [0.717, 1.165) is 12.2 Å². The van der Waals surface area contributed by atoms with E-state index in [2.05, 4.69) is 15.6 Å². The van der Waals surface area contributed by atoms with E-state index in [1.165, 1.54) is 24.3 Å². The Morgan fingerprint density at radius 1 is 1.24 bits per heavy atom. The predicted molar refractivity (Wildman–Crippen MR) is 75.1 cm³/mol. The van der Waals surface area contributed by atoms with Crippen molar-refractivity contribution >= 4 is 11.9 Å². The number of aromatic carboxylic acids is 1. The molecule has 0 saturated heterocycles. The van der Waals surface area contributed by atoms with Crippen LogP contribution in [-0.4, -0.2) is 38.5 Å². The van der Waals surface area contributed by atoms with Gasteiger partial charge in [-0.3, -0.25) is 9.48 Å².